The van der Waals surface area contributed by atoms with Crippen molar-refractivity contribution in [2.24, 2.45) is 13.0 Å². The van der Waals surface area contributed by atoms with Crippen LogP contribution in [0.4, 0.5) is 5.82 Å². The van der Waals surface area contributed by atoms with Crippen LogP contribution in [0.25, 0.3) is 22.2 Å². The number of aryl methyl sites for hydroxylation is 2. The lowest BCUT2D eigenvalue weighted by Crippen LogP contribution is -2.61. The van der Waals surface area contributed by atoms with Crippen LogP contribution in [0.5, 0.6) is 17.4 Å². The number of carbonyl (C=O) groups excluding carboxylic acids is 1. The minimum Gasteiger partial charge on any atom is -0.493 e. The molecule has 0 saturated carbocycles. The number of carbonyl (C=O) groups is 1. The first-order valence-electron chi connectivity index (χ1n) is 14.5. The van der Waals surface area contributed by atoms with Gasteiger partial charge in [-0.2, -0.15) is 0 Å². The molecule has 0 spiro atoms. The SMILES string of the molecule is C=CC(=O)N1CC[C@@H](N2CC(C#Cc3c(-c4ccc(Oc5cccc(C)n5)c(OC)c4)c4c(N)ncnc4n3C)C2)[C@H](O)C1. The van der Waals surface area contributed by atoms with Gasteiger partial charge in [0.05, 0.1) is 18.6 Å². The van der Waals surface area contributed by atoms with Crippen LogP contribution in [0.1, 0.15) is 17.8 Å². The number of likely N-dealkylation sites (tertiary alicyclic amines) is 2. The molecule has 0 bridgehead atoms. The molecule has 6 rings (SSSR count). The fourth-order valence-electron chi connectivity index (χ4n) is 6.02. The maximum atomic E-state index is 12.0. The van der Waals surface area contributed by atoms with Crippen LogP contribution in [0.15, 0.2) is 55.4 Å². The third kappa shape index (κ3) is 5.45. The number of methoxy groups -OCH3 is 1. The predicted octanol–water partition coefficient (Wildman–Crippen LogP) is 3.15. The summed E-state index contributed by atoms with van der Waals surface area (Å²) >= 11 is 0. The van der Waals surface area contributed by atoms with Crippen LogP contribution >= 0.6 is 0 Å². The van der Waals surface area contributed by atoms with Crippen molar-refractivity contribution < 1.29 is 19.4 Å². The third-order valence-electron chi connectivity index (χ3n) is 8.33. The number of nitrogen functional groups attached to an aromatic ring is 1. The smallest absolute Gasteiger partial charge is 0.246 e. The molecule has 4 aromatic rings. The van der Waals surface area contributed by atoms with Gasteiger partial charge in [0.1, 0.15) is 23.5 Å². The van der Waals surface area contributed by atoms with Crippen molar-refractivity contribution >= 4 is 22.8 Å². The molecule has 11 heteroatoms. The Bertz CT molecular complexity index is 1800. The zero-order chi connectivity index (χ0) is 31.0. The molecule has 0 radical (unpaired) electrons. The van der Waals surface area contributed by atoms with Gasteiger partial charge in [-0.05, 0) is 49.1 Å². The van der Waals surface area contributed by atoms with E-state index in [-0.39, 0.29) is 17.9 Å². The van der Waals surface area contributed by atoms with E-state index in [0.717, 1.165) is 41.0 Å². The van der Waals surface area contributed by atoms with E-state index in [1.54, 1.807) is 18.1 Å². The summed E-state index contributed by atoms with van der Waals surface area (Å²) in [5.74, 6) is 8.75. The number of piperidine rings is 1. The first kappa shape index (κ1) is 29.2. The molecule has 0 aliphatic carbocycles. The summed E-state index contributed by atoms with van der Waals surface area (Å²) in [4.78, 5) is 29.1. The number of aliphatic hydroxyl groups is 1. The van der Waals surface area contributed by atoms with E-state index in [1.165, 1.54) is 12.4 Å². The molecule has 1 amide bonds. The molecule has 5 heterocycles. The van der Waals surface area contributed by atoms with Crippen LogP contribution in [0.3, 0.4) is 0 Å². The Morgan fingerprint density at radius 3 is 2.73 bits per heavy atom. The van der Waals surface area contributed by atoms with E-state index < -0.39 is 6.10 Å². The number of pyridine rings is 1. The zero-order valence-corrected chi connectivity index (χ0v) is 25.0. The lowest BCUT2D eigenvalue weighted by Gasteiger charge is -2.47. The maximum absolute atomic E-state index is 12.0. The lowest BCUT2D eigenvalue weighted by molar-refractivity contribution is -0.132. The monoisotopic (exact) mass is 593 g/mol. The van der Waals surface area contributed by atoms with Crippen molar-refractivity contribution in [1.29, 1.82) is 0 Å². The highest BCUT2D eigenvalue weighted by molar-refractivity contribution is 6.03. The van der Waals surface area contributed by atoms with Gasteiger partial charge in [-0.15, -0.1) is 0 Å². The summed E-state index contributed by atoms with van der Waals surface area (Å²) < 4.78 is 13.7. The number of anilines is 1. The van der Waals surface area contributed by atoms with E-state index in [9.17, 15) is 9.90 Å². The average Bonchev–Trinajstić information content (AvgIpc) is 3.29. The van der Waals surface area contributed by atoms with Gasteiger partial charge >= 0.3 is 0 Å². The molecule has 2 saturated heterocycles. The Morgan fingerprint density at radius 2 is 2.00 bits per heavy atom. The van der Waals surface area contributed by atoms with E-state index in [2.05, 4.69) is 38.3 Å². The van der Waals surface area contributed by atoms with Crippen LogP contribution in [0, 0.1) is 24.7 Å². The molecule has 44 heavy (non-hydrogen) atoms. The normalized spacial score (nSPS) is 18.8. The second kappa shape index (κ2) is 12.0. The minimum atomic E-state index is -0.600. The predicted molar refractivity (Wildman–Crippen MR) is 167 cm³/mol. The molecule has 226 valence electrons. The Morgan fingerprint density at radius 1 is 1.18 bits per heavy atom. The van der Waals surface area contributed by atoms with Crippen LogP contribution in [-0.4, -0.2) is 85.8 Å². The van der Waals surface area contributed by atoms with Crippen LogP contribution < -0.4 is 15.2 Å². The topological polar surface area (TPSA) is 132 Å². The molecule has 1 aromatic carbocycles. The van der Waals surface area contributed by atoms with Gasteiger partial charge < -0.3 is 29.8 Å². The van der Waals surface area contributed by atoms with E-state index in [0.29, 0.717) is 48.4 Å². The maximum Gasteiger partial charge on any atom is 0.246 e. The Labute approximate surface area is 255 Å². The highest BCUT2D eigenvalue weighted by Gasteiger charge is 2.38. The largest absolute Gasteiger partial charge is 0.493 e. The fraction of sp³-hybridized carbons (Fsp3) is 0.333. The van der Waals surface area contributed by atoms with Gasteiger partial charge in [0.2, 0.25) is 11.8 Å². The van der Waals surface area contributed by atoms with Gasteiger partial charge in [0, 0.05) is 62.5 Å². The molecule has 2 atom stereocenters. The number of aliphatic hydroxyl groups excluding tert-OH is 1. The standard InChI is InChI=1S/C33H35N7O4/c1-5-29(42)39-14-13-23(25(41)18-39)40-16-21(17-40)9-11-24-30(31-32(34)35-19-36-33(31)38(24)3)22-10-12-26(27(15-22)43-4)44-28-8-6-7-20(2)37-28/h5-8,10,12,15,19,21,23,25,41H,1,13-14,16-18H2,2-4H3,(H2,34,35,36)/t23-,25-/m1/s1. The second-order valence-electron chi connectivity index (χ2n) is 11.2. The number of hydrogen-bond acceptors (Lipinski definition) is 9. The first-order valence-corrected chi connectivity index (χ1v) is 14.5. The summed E-state index contributed by atoms with van der Waals surface area (Å²) in [5, 5.41) is 11.4. The second-order valence-corrected chi connectivity index (χ2v) is 11.2. The van der Waals surface area contributed by atoms with Gasteiger partial charge in [-0.1, -0.05) is 24.6 Å². The molecule has 11 nitrogen and oxygen atoms in total. The molecule has 2 aliphatic rings. The molecule has 3 aromatic heterocycles. The van der Waals surface area contributed by atoms with Crippen molar-refractivity contribution in [1.82, 2.24) is 29.3 Å². The molecule has 2 aliphatic heterocycles. The number of ether oxygens (including phenoxy) is 2. The number of β-amino-alcohol motifs (C(OH)–C–C–N with tert-alkyl or cyclic N) is 1. The van der Waals surface area contributed by atoms with Gasteiger partial charge in [-0.25, -0.2) is 15.0 Å². The highest BCUT2D eigenvalue weighted by Crippen LogP contribution is 2.40. The Balaban J connectivity index is 1.27. The summed E-state index contributed by atoms with van der Waals surface area (Å²) in [5.41, 5.74) is 10.3. The number of amides is 1. The quantitative estimate of drug-likeness (QED) is 0.256. The van der Waals surface area contributed by atoms with Crippen LogP contribution in [-0.2, 0) is 11.8 Å². The number of nitrogens with two attached hydrogens (primary N) is 1. The Hall–Kier alpha value is -4.92. The number of rotatable bonds is 6. The van der Waals surface area contributed by atoms with Crippen molar-refractivity contribution in [3.8, 4) is 40.3 Å². The molecule has 3 N–H and O–H groups in total. The summed E-state index contributed by atoms with van der Waals surface area (Å²) in [7, 11) is 3.51. The van der Waals surface area contributed by atoms with Crippen molar-refractivity contribution in [3.63, 3.8) is 0 Å². The summed E-state index contributed by atoms with van der Waals surface area (Å²) in [6, 6.07) is 11.3. The van der Waals surface area contributed by atoms with Crippen molar-refractivity contribution in [3.05, 3.63) is 66.8 Å². The molecule has 2 fully saturated rings. The number of nitrogens with zero attached hydrogens (tertiary/aromatic N) is 6. The van der Waals surface area contributed by atoms with E-state index in [4.69, 9.17) is 15.2 Å². The number of benzene rings is 1. The van der Waals surface area contributed by atoms with Crippen molar-refractivity contribution in [2.45, 2.75) is 25.5 Å². The fourth-order valence-corrected chi connectivity index (χ4v) is 6.02. The minimum absolute atomic E-state index is 0.00775. The molecule has 0 unspecified atom stereocenters. The molecular formula is C33H35N7O4. The van der Waals surface area contributed by atoms with Gasteiger partial charge in [-0.3, -0.25) is 9.69 Å². The van der Waals surface area contributed by atoms with Gasteiger partial charge in [0.25, 0.3) is 0 Å². The highest BCUT2D eigenvalue weighted by atomic mass is 16.5. The Kier molecular flexibility index (Phi) is 7.95. The third-order valence-corrected chi connectivity index (χ3v) is 8.33. The summed E-state index contributed by atoms with van der Waals surface area (Å²) in [6.45, 7) is 7.88. The number of hydrogen-bond donors (Lipinski definition) is 2. The number of fused-ring (bicyclic) bond motifs is 1. The van der Waals surface area contributed by atoms with Gasteiger partial charge in [0.15, 0.2) is 11.5 Å². The first-order chi connectivity index (χ1) is 21.3. The van der Waals surface area contributed by atoms with E-state index >= 15 is 0 Å². The zero-order valence-electron chi connectivity index (χ0n) is 25.0. The summed E-state index contributed by atoms with van der Waals surface area (Å²) in [6.07, 6.45) is 2.86. The van der Waals surface area contributed by atoms with E-state index in [1.807, 2.05) is 48.9 Å². The number of aromatic nitrogens is 4. The average molecular weight is 594 g/mol. The lowest BCUT2D eigenvalue weighted by atomic mass is 9.91. The van der Waals surface area contributed by atoms with Crippen molar-refractivity contribution in [2.75, 3.05) is 39.0 Å². The van der Waals surface area contributed by atoms with Crippen LogP contribution in [0.2, 0.25) is 0 Å². The molecular weight excluding hydrogens is 558 g/mol.